The van der Waals surface area contributed by atoms with Crippen molar-refractivity contribution < 1.29 is 9.53 Å². The lowest BCUT2D eigenvalue weighted by Crippen LogP contribution is -2.13. The molecule has 70 valence electrons. The molecule has 0 aromatic carbocycles. The monoisotopic (exact) mass is 179 g/mol. The molecular formula is C10H13NO2. The molecule has 3 heteroatoms. The summed E-state index contributed by atoms with van der Waals surface area (Å²) in [5, 5.41) is 7.21. The summed E-state index contributed by atoms with van der Waals surface area (Å²) in [4.78, 5) is 10.9. The molecule has 13 heavy (non-hydrogen) atoms. The predicted molar refractivity (Wildman–Crippen MR) is 52.8 cm³/mol. The molecule has 0 atom stereocenters. The Hall–Kier alpha value is -1.64. The number of esters is 1. The lowest BCUT2D eigenvalue weighted by Gasteiger charge is -1.97. The Morgan fingerprint density at radius 1 is 1.46 bits per heavy atom. The van der Waals surface area contributed by atoms with Crippen LogP contribution in [0.1, 0.15) is 6.92 Å². The molecule has 0 radical (unpaired) electrons. The Labute approximate surface area is 77.9 Å². The van der Waals surface area contributed by atoms with Crippen LogP contribution in [0.15, 0.2) is 37.0 Å². The van der Waals surface area contributed by atoms with Gasteiger partial charge in [0, 0.05) is 0 Å². The molecule has 0 spiro atoms. The SMILES string of the molecule is C=C/C=C/C=C/C(=N)C(=O)OCC. The van der Waals surface area contributed by atoms with E-state index in [1.807, 2.05) is 0 Å². The van der Waals surface area contributed by atoms with Crippen LogP contribution in [0.25, 0.3) is 0 Å². The van der Waals surface area contributed by atoms with Gasteiger partial charge in [0.2, 0.25) is 0 Å². The number of rotatable bonds is 5. The van der Waals surface area contributed by atoms with Gasteiger partial charge >= 0.3 is 5.97 Å². The predicted octanol–water partition coefficient (Wildman–Crippen LogP) is 1.87. The van der Waals surface area contributed by atoms with Crippen LogP contribution >= 0.6 is 0 Å². The Kier molecular flexibility index (Phi) is 6.15. The lowest BCUT2D eigenvalue weighted by molar-refractivity contribution is -0.135. The highest BCUT2D eigenvalue weighted by atomic mass is 16.5. The third kappa shape index (κ3) is 5.61. The van der Waals surface area contributed by atoms with Crippen LogP contribution in [0.2, 0.25) is 0 Å². The van der Waals surface area contributed by atoms with Crippen LogP contribution in [0.4, 0.5) is 0 Å². The van der Waals surface area contributed by atoms with Gasteiger partial charge in [-0.15, -0.1) is 0 Å². The van der Waals surface area contributed by atoms with Gasteiger partial charge in [0.15, 0.2) is 0 Å². The second-order valence-corrected chi connectivity index (χ2v) is 2.11. The molecular weight excluding hydrogens is 166 g/mol. The second-order valence-electron chi connectivity index (χ2n) is 2.11. The highest BCUT2D eigenvalue weighted by molar-refractivity contribution is 6.39. The third-order valence-corrected chi connectivity index (χ3v) is 1.12. The van der Waals surface area contributed by atoms with Crippen molar-refractivity contribution in [3.8, 4) is 0 Å². The summed E-state index contributed by atoms with van der Waals surface area (Å²) in [6.45, 7) is 5.47. The van der Waals surface area contributed by atoms with E-state index in [9.17, 15) is 4.79 Å². The summed E-state index contributed by atoms with van der Waals surface area (Å²) < 4.78 is 4.60. The number of nitrogens with one attached hydrogen (secondary N) is 1. The second kappa shape index (κ2) is 7.03. The molecule has 3 nitrogen and oxygen atoms in total. The number of carbonyl (C=O) groups excluding carboxylic acids is 1. The van der Waals surface area contributed by atoms with Crippen molar-refractivity contribution in [2.75, 3.05) is 6.61 Å². The van der Waals surface area contributed by atoms with Crippen molar-refractivity contribution in [2.24, 2.45) is 0 Å². The first-order chi connectivity index (χ1) is 6.22. The van der Waals surface area contributed by atoms with E-state index in [1.54, 1.807) is 31.2 Å². The largest absolute Gasteiger partial charge is 0.461 e. The number of hydrogen-bond donors (Lipinski definition) is 1. The molecule has 0 fully saturated rings. The molecule has 0 aliphatic carbocycles. The normalized spacial score (nSPS) is 10.5. The summed E-state index contributed by atoms with van der Waals surface area (Å²) in [7, 11) is 0. The van der Waals surface area contributed by atoms with Gasteiger partial charge < -0.3 is 4.74 Å². The van der Waals surface area contributed by atoms with Gasteiger partial charge in [-0.1, -0.05) is 30.9 Å². The van der Waals surface area contributed by atoms with Crippen molar-refractivity contribution in [1.82, 2.24) is 0 Å². The van der Waals surface area contributed by atoms with E-state index in [0.29, 0.717) is 0 Å². The molecule has 0 bridgehead atoms. The van der Waals surface area contributed by atoms with Crippen LogP contribution in [0.5, 0.6) is 0 Å². The van der Waals surface area contributed by atoms with Gasteiger partial charge in [0.25, 0.3) is 0 Å². The molecule has 0 aliphatic heterocycles. The summed E-state index contributed by atoms with van der Waals surface area (Å²) in [6.07, 6.45) is 7.95. The van der Waals surface area contributed by atoms with Crippen LogP contribution in [-0.2, 0) is 9.53 Å². The van der Waals surface area contributed by atoms with Crippen molar-refractivity contribution in [1.29, 1.82) is 5.41 Å². The van der Waals surface area contributed by atoms with E-state index in [-0.39, 0.29) is 12.3 Å². The zero-order valence-corrected chi connectivity index (χ0v) is 7.62. The molecule has 0 aromatic rings. The Morgan fingerprint density at radius 3 is 2.69 bits per heavy atom. The third-order valence-electron chi connectivity index (χ3n) is 1.12. The van der Waals surface area contributed by atoms with Crippen LogP contribution < -0.4 is 0 Å². The van der Waals surface area contributed by atoms with Gasteiger partial charge in [0.05, 0.1) is 6.61 Å². The fourth-order valence-corrected chi connectivity index (χ4v) is 0.571. The Morgan fingerprint density at radius 2 is 2.15 bits per heavy atom. The minimum absolute atomic E-state index is 0.157. The standard InChI is InChI=1S/C10H13NO2/c1-3-5-6-7-8-9(11)10(12)13-4-2/h3,5-8,11H,1,4H2,2H3/b6-5+,8-7+,11-9?. The van der Waals surface area contributed by atoms with Crippen LogP contribution in [-0.4, -0.2) is 18.3 Å². The number of hydrogen-bond acceptors (Lipinski definition) is 3. The highest BCUT2D eigenvalue weighted by Gasteiger charge is 2.04. The van der Waals surface area contributed by atoms with Gasteiger partial charge in [-0.2, -0.15) is 0 Å². The van der Waals surface area contributed by atoms with Crippen molar-refractivity contribution in [3.63, 3.8) is 0 Å². The number of ether oxygens (including phenoxy) is 1. The summed E-state index contributed by atoms with van der Waals surface area (Å²) in [5.74, 6) is -0.606. The maximum Gasteiger partial charge on any atom is 0.356 e. The maximum atomic E-state index is 10.9. The molecule has 0 heterocycles. The number of carbonyl (C=O) groups is 1. The van der Waals surface area contributed by atoms with Crippen LogP contribution in [0, 0.1) is 5.41 Å². The maximum absolute atomic E-state index is 10.9. The molecule has 0 unspecified atom stereocenters. The van der Waals surface area contributed by atoms with E-state index < -0.39 is 5.97 Å². The van der Waals surface area contributed by atoms with Gasteiger partial charge in [-0.05, 0) is 13.0 Å². The molecule has 0 saturated carbocycles. The van der Waals surface area contributed by atoms with Crippen molar-refractivity contribution >= 4 is 11.7 Å². The van der Waals surface area contributed by atoms with Gasteiger partial charge in [-0.3, -0.25) is 5.41 Å². The molecule has 0 rings (SSSR count). The molecule has 0 saturated heterocycles. The molecule has 0 aliphatic rings. The van der Waals surface area contributed by atoms with E-state index in [1.165, 1.54) is 6.08 Å². The van der Waals surface area contributed by atoms with Gasteiger partial charge in [-0.25, -0.2) is 4.79 Å². The first kappa shape index (κ1) is 11.4. The first-order valence-electron chi connectivity index (χ1n) is 3.93. The average molecular weight is 179 g/mol. The molecule has 1 N–H and O–H groups in total. The first-order valence-corrected chi connectivity index (χ1v) is 3.93. The van der Waals surface area contributed by atoms with E-state index in [2.05, 4.69) is 11.3 Å². The minimum Gasteiger partial charge on any atom is -0.461 e. The fraction of sp³-hybridized carbons (Fsp3) is 0.200. The van der Waals surface area contributed by atoms with Crippen molar-refractivity contribution in [3.05, 3.63) is 37.0 Å². The molecule has 0 amide bonds. The zero-order chi connectivity index (χ0) is 10.1. The lowest BCUT2D eigenvalue weighted by atomic mass is 10.3. The summed E-state index contributed by atoms with van der Waals surface area (Å²) in [5.41, 5.74) is -0.157. The summed E-state index contributed by atoms with van der Waals surface area (Å²) >= 11 is 0. The van der Waals surface area contributed by atoms with Crippen molar-refractivity contribution in [2.45, 2.75) is 6.92 Å². The topological polar surface area (TPSA) is 50.2 Å². The fourth-order valence-electron chi connectivity index (χ4n) is 0.571. The van der Waals surface area contributed by atoms with Gasteiger partial charge in [0.1, 0.15) is 5.71 Å². The zero-order valence-electron chi connectivity index (χ0n) is 7.62. The quantitative estimate of drug-likeness (QED) is 0.398. The summed E-state index contributed by atoms with van der Waals surface area (Å²) in [6, 6.07) is 0. The molecule has 0 aromatic heterocycles. The number of allylic oxidation sites excluding steroid dienone is 4. The smallest absolute Gasteiger partial charge is 0.356 e. The van der Waals surface area contributed by atoms with E-state index in [4.69, 9.17) is 5.41 Å². The Balaban J connectivity index is 3.99. The van der Waals surface area contributed by atoms with E-state index >= 15 is 0 Å². The van der Waals surface area contributed by atoms with Crippen LogP contribution in [0.3, 0.4) is 0 Å². The minimum atomic E-state index is -0.606. The van der Waals surface area contributed by atoms with E-state index in [0.717, 1.165) is 0 Å². The highest BCUT2D eigenvalue weighted by Crippen LogP contribution is 1.86. The Bertz CT molecular complexity index is 252. The average Bonchev–Trinajstić information content (AvgIpc) is 2.12.